The Balaban J connectivity index is 3.20. The van der Waals surface area contributed by atoms with Crippen LogP contribution in [-0.4, -0.2) is 0 Å². The zero-order valence-corrected chi connectivity index (χ0v) is 17.7. The lowest BCUT2D eigenvalue weighted by atomic mass is 9.92. The fourth-order valence-electron chi connectivity index (χ4n) is 3.86. The molecule has 0 fully saturated rings. The van der Waals surface area contributed by atoms with E-state index in [-0.39, 0.29) is 0 Å². The predicted molar refractivity (Wildman–Crippen MR) is 113 cm³/mol. The molecule has 0 saturated heterocycles. The highest BCUT2D eigenvalue weighted by Crippen LogP contribution is 2.21. The average Bonchev–Trinajstić information content (AvgIpc) is 2.60. The normalized spacial score (nSPS) is 12.6. The predicted octanol–water partition coefficient (Wildman–Crippen LogP) is 9.46. The number of hydrogen-bond acceptors (Lipinski definition) is 0. The molecule has 0 nitrogen and oxygen atoms in total. The number of unbranched alkanes of at least 4 members (excludes halogenated alkanes) is 15. The van der Waals surface area contributed by atoms with Gasteiger partial charge in [-0.05, 0) is 5.92 Å². The molecule has 0 N–H and O–H groups in total. The molecule has 0 aliphatic heterocycles. The number of rotatable bonds is 20. The molecule has 0 aliphatic carbocycles. The molecule has 0 aromatic heterocycles. The maximum Gasteiger partial charge on any atom is -0.0417 e. The van der Waals surface area contributed by atoms with E-state index in [0.717, 1.165) is 5.92 Å². The lowest BCUT2D eigenvalue weighted by molar-refractivity contribution is 0.393. The van der Waals surface area contributed by atoms with E-state index in [9.17, 15) is 0 Å². The van der Waals surface area contributed by atoms with Gasteiger partial charge in [0.25, 0.3) is 0 Å². The molecule has 1 atom stereocenters. The summed E-state index contributed by atoms with van der Waals surface area (Å²) >= 11 is 0. The number of hydrogen-bond donors (Lipinski definition) is 0. The molecule has 0 bridgehead atoms. The van der Waals surface area contributed by atoms with Gasteiger partial charge in [-0.25, -0.2) is 0 Å². The SMILES string of the molecule is CCCCCCCCCCCCCCCC(CC)CCCCCC. The van der Waals surface area contributed by atoms with Gasteiger partial charge in [0, 0.05) is 0 Å². The lowest BCUT2D eigenvalue weighted by Crippen LogP contribution is -1.99. The molecule has 0 amide bonds. The first-order valence-electron chi connectivity index (χ1n) is 11.8. The minimum absolute atomic E-state index is 1.02. The molecular weight excluding hydrogens is 288 g/mol. The first-order valence-corrected chi connectivity index (χ1v) is 11.8. The summed E-state index contributed by atoms with van der Waals surface area (Å²) in [5.74, 6) is 1.02. The van der Waals surface area contributed by atoms with Gasteiger partial charge in [-0.15, -0.1) is 0 Å². The minimum Gasteiger partial charge on any atom is -0.0654 e. The Kier molecular flexibility index (Phi) is 21.0. The molecule has 0 rings (SSSR count). The summed E-state index contributed by atoms with van der Waals surface area (Å²) in [5.41, 5.74) is 0. The van der Waals surface area contributed by atoms with E-state index in [1.165, 1.54) is 128 Å². The molecule has 0 aromatic rings. The van der Waals surface area contributed by atoms with Crippen LogP contribution in [0.5, 0.6) is 0 Å². The summed E-state index contributed by atoms with van der Waals surface area (Å²) in [6, 6.07) is 0. The van der Waals surface area contributed by atoms with Crippen LogP contribution in [0, 0.1) is 5.92 Å². The van der Waals surface area contributed by atoms with Crippen LogP contribution in [0.25, 0.3) is 0 Å². The maximum absolute atomic E-state index is 2.40. The van der Waals surface area contributed by atoms with Crippen LogP contribution in [0.15, 0.2) is 0 Å². The van der Waals surface area contributed by atoms with Gasteiger partial charge in [0.1, 0.15) is 0 Å². The zero-order chi connectivity index (χ0) is 17.7. The largest absolute Gasteiger partial charge is 0.0654 e. The van der Waals surface area contributed by atoms with Crippen LogP contribution in [0.4, 0.5) is 0 Å². The lowest BCUT2D eigenvalue weighted by Gasteiger charge is -2.14. The van der Waals surface area contributed by atoms with E-state index >= 15 is 0 Å². The minimum atomic E-state index is 1.02. The van der Waals surface area contributed by atoms with Crippen LogP contribution in [-0.2, 0) is 0 Å². The second kappa shape index (κ2) is 21.0. The standard InChI is InChI=1S/C24H50/c1-4-7-9-11-12-13-14-15-16-17-18-19-21-23-24(6-3)22-20-10-8-5-2/h24H,4-23H2,1-3H3. The summed E-state index contributed by atoms with van der Waals surface area (Å²) in [4.78, 5) is 0. The summed E-state index contributed by atoms with van der Waals surface area (Å²) in [6.07, 6.45) is 29.3. The van der Waals surface area contributed by atoms with E-state index in [1.807, 2.05) is 0 Å². The van der Waals surface area contributed by atoms with Crippen molar-refractivity contribution in [1.29, 1.82) is 0 Å². The molecular formula is C24H50. The molecule has 1 unspecified atom stereocenters. The first-order chi connectivity index (χ1) is 11.8. The Morgan fingerprint density at radius 1 is 0.375 bits per heavy atom. The Hall–Kier alpha value is 0. The first kappa shape index (κ1) is 24.0. The van der Waals surface area contributed by atoms with E-state index in [2.05, 4.69) is 20.8 Å². The molecule has 146 valence electrons. The van der Waals surface area contributed by atoms with Crippen molar-refractivity contribution in [1.82, 2.24) is 0 Å². The van der Waals surface area contributed by atoms with Gasteiger partial charge < -0.3 is 0 Å². The molecule has 24 heavy (non-hydrogen) atoms. The maximum atomic E-state index is 2.40. The van der Waals surface area contributed by atoms with Gasteiger partial charge in [-0.1, -0.05) is 149 Å². The van der Waals surface area contributed by atoms with Gasteiger partial charge >= 0.3 is 0 Å². The monoisotopic (exact) mass is 338 g/mol. The van der Waals surface area contributed by atoms with Crippen molar-refractivity contribution in [2.24, 2.45) is 5.92 Å². The van der Waals surface area contributed by atoms with Gasteiger partial charge in [0.2, 0.25) is 0 Å². The molecule has 0 aliphatic rings. The third kappa shape index (κ3) is 18.3. The van der Waals surface area contributed by atoms with E-state index in [0.29, 0.717) is 0 Å². The molecule has 0 heterocycles. The summed E-state index contributed by atoms with van der Waals surface area (Å²) < 4.78 is 0. The van der Waals surface area contributed by atoms with E-state index < -0.39 is 0 Å². The topological polar surface area (TPSA) is 0 Å². The van der Waals surface area contributed by atoms with Crippen LogP contribution >= 0.6 is 0 Å². The van der Waals surface area contributed by atoms with Gasteiger partial charge in [0.15, 0.2) is 0 Å². The van der Waals surface area contributed by atoms with Crippen molar-refractivity contribution in [3.8, 4) is 0 Å². The Morgan fingerprint density at radius 3 is 1.00 bits per heavy atom. The summed E-state index contributed by atoms with van der Waals surface area (Å²) in [6.45, 7) is 7.01. The molecule has 0 aromatic carbocycles. The fourth-order valence-corrected chi connectivity index (χ4v) is 3.86. The second-order valence-electron chi connectivity index (χ2n) is 8.15. The van der Waals surface area contributed by atoms with Crippen molar-refractivity contribution in [3.05, 3.63) is 0 Å². The molecule has 0 radical (unpaired) electrons. The Labute approximate surface area is 155 Å². The van der Waals surface area contributed by atoms with E-state index in [1.54, 1.807) is 0 Å². The average molecular weight is 339 g/mol. The molecule has 0 saturated carbocycles. The highest BCUT2D eigenvalue weighted by molar-refractivity contribution is 4.59. The molecule has 0 heteroatoms. The van der Waals surface area contributed by atoms with Crippen LogP contribution in [0.2, 0.25) is 0 Å². The second-order valence-corrected chi connectivity index (χ2v) is 8.15. The quantitative estimate of drug-likeness (QED) is 0.194. The Bertz CT molecular complexity index is 208. The highest BCUT2D eigenvalue weighted by Gasteiger charge is 2.05. The van der Waals surface area contributed by atoms with Gasteiger partial charge in [-0.3, -0.25) is 0 Å². The van der Waals surface area contributed by atoms with Gasteiger partial charge in [-0.2, -0.15) is 0 Å². The summed E-state index contributed by atoms with van der Waals surface area (Å²) in [7, 11) is 0. The van der Waals surface area contributed by atoms with Crippen LogP contribution < -0.4 is 0 Å². The van der Waals surface area contributed by atoms with Crippen molar-refractivity contribution in [2.45, 2.75) is 149 Å². The molecule has 0 spiro atoms. The van der Waals surface area contributed by atoms with Crippen molar-refractivity contribution in [3.63, 3.8) is 0 Å². The zero-order valence-electron chi connectivity index (χ0n) is 17.7. The smallest absolute Gasteiger partial charge is 0.0417 e. The van der Waals surface area contributed by atoms with Crippen LogP contribution in [0.3, 0.4) is 0 Å². The fraction of sp³-hybridized carbons (Fsp3) is 1.00. The van der Waals surface area contributed by atoms with Crippen molar-refractivity contribution >= 4 is 0 Å². The Morgan fingerprint density at radius 2 is 0.667 bits per heavy atom. The third-order valence-corrected chi connectivity index (χ3v) is 5.76. The van der Waals surface area contributed by atoms with Crippen molar-refractivity contribution in [2.75, 3.05) is 0 Å². The third-order valence-electron chi connectivity index (χ3n) is 5.76. The summed E-state index contributed by atoms with van der Waals surface area (Å²) in [5, 5.41) is 0. The van der Waals surface area contributed by atoms with E-state index in [4.69, 9.17) is 0 Å². The van der Waals surface area contributed by atoms with Crippen molar-refractivity contribution < 1.29 is 0 Å². The van der Waals surface area contributed by atoms with Crippen LogP contribution in [0.1, 0.15) is 149 Å². The van der Waals surface area contributed by atoms with Gasteiger partial charge in [0.05, 0.1) is 0 Å². The highest BCUT2D eigenvalue weighted by atomic mass is 14.1.